The number of aliphatic hydroxyl groups excluding tert-OH is 8. The fraction of sp³-hybridized carbons (Fsp3) is 1.00. The van der Waals surface area contributed by atoms with Crippen molar-refractivity contribution < 1.29 is 59.8 Å². The van der Waals surface area contributed by atoms with E-state index in [1.807, 2.05) is 0 Å². The van der Waals surface area contributed by atoms with Crippen molar-refractivity contribution in [3.05, 3.63) is 0 Å². The number of ether oxygens (including phenoxy) is 4. The van der Waals surface area contributed by atoms with E-state index in [0.29, 0.717) is 0 Å². The molecule has 0 aromatic heterocycles. The summed E-state index contributed by atoms with van der Waals surface area (Å²) in [6.45, 7) is -2.55. The fourth-order valence-electron chi connectivity index (χ4n) is 3.42. The van der Waals surface area contributed by atoms with Crippen LogP contribution in [0.25, 0.3) is 0 Å². The molecule has 152 valence electrons. The second kappa shape index (κ2) is 7.16. The molecule has 3 aliphatic heterocycles. The number of aliphatic hydroxyl groups is 8. The lowest BCUT2D eigenvalue weighted by Gasteiger charge is -2.55. The number of rotatable bonds is 2. The van der Waals surface area contributed by atoms with Gasteiger partial charge in [-0.25, -0.2) is 0 Å². The van der Waals surface area contributed by atoms with E-state index in [2.05, 4.69) is 0 Å². The molecule has 8 N–H and O–H groups in total. The van der Waals surface area contributed by atoms with Gasteiger partial charge in [0.15, 0.2) is 0 Å². The van der Waals surface area contributed by atoms with Crippen molar-refractivity contribution in [2.75, 3.05) is 26.4 Å². The molecule has 26 heavy (non-hydrogen) atoms. The molecule has 0 unspecified atom stereocenters. The highest BCUT2D eigenvalue weighted by Gasteiger charge is 2.63. The summed E-state index contributed by atoms with van der Waals surface area (Å²) in [5, 5.41) is 78.5. The second-order valence-corrected chi connectivity index (χ2v) is 6.73. The summed E-state index contributed by atoms with van der Waals surface area (Å²) in [7, 11) is 0. The second-order valence-electron chi connectivity index (χ2n) is 6.73. The smallest absolute Gasteiger partial charge is 0.222 e. The standard InChI is InChI=1S/C14H24O12/c15-1-5-7(17)9(19)11(21)13(25-5)3-24-14(4-23-13)12(22)10(20)8(18)6(2-16)26-14/h5-12,15-22H,1-4H2/t5-,6-,7-,8-,9+,10+,11+,12+,13+,14+/m1/s1. The van der Waals surface area contributed by atoms with Crippen LogP contribution in [-0.4, -0.2) is 128 Å². The lowest BCUT2D eigenvalue weighted by atomic mass is 9.89. The van der Waals surface area contributed by atoms with E-state index in [9.17, 15) is 40.9 Å². The van der Waals surface area contributed by atoms with E-state index in [4.69, 9.17) is 18.9 Å². The molecule has 0 radical (unpaired) electrons. The topological polar surface area (TPSA) is 199 Å². The first-order valence-corrected chi connectivity index (χ1v) is 8.15. The summed E-state index contributed by atoms with van der Waals surface area (Å²) >= 11 is 0. The van der Waals surface area contributed by atoms with Gasteiger partial charge in [-0.15, -0.1) is 0 Å². The van der Waals surface area contributed by atoms with Gasteiger partial charge in [-0.1, -0.05) is 0 Å². The number of hydrogen-bond acceptors (Lipinski definition) is 12. The molecule has 3 heterocycles. The highest BCUT2D eigenvalue weighted by atomic mass is 16.8. The molecule has 0 aromatic rings. The average molecular weight is 384 g/mol. The Kier molecular flexibility index (Phi) is 5.58. The van der Waals surface area contributed by atoms with Gasteiger partial charge >= 0.3 is 0 Å². The van der Waals surface area contributed by atoms with Gasteiger partial charge in [0.25, 0.3) is 0 Å². The Morgan fingerprint density at radius 3 is 1.23 bits per heavy atom. The summed E-state index contributed by atoms with van der Waals surface area (Å²) in [6.07, 6.45) is -12.5. The predicted molar refractivity (Wildman–Crippen MR) is 77.3 cm³/mol. The molecule has 0 aliphatic carbocycles. The highest BCUT2D eigenvalue weighted by Crippen LogP contribution is 2.41. The van der Waals surface area contributed by atoms with Crippen molar-refractivity contribution in [1.29, 1.82) is 0 Å². The van der Waals surface area contributed by atoms with Crippen LogP contribution >= 0.6 is 0 Å². The monoisotopic (exact) mass is 384 g/mol. The van der Waals surface area contributed by atoms with Crippen LogP contribution in [0, 0.1) is 0 Å². The minimum atomic E-state index is -1.96. The van der Waals surface area contributed by atoms with Crippen LogP contribution in [0.4, 0.5) is 0 Å². The summed E-state index contributed by atoms with van der Waals surface area (Å²) < 4.78 is 21.7. The minimum absolute atomic E-state index is 0.605. The number of hydrogen-bond donors (Lipinski definition) is 8. The SMILES string of the molecule is OC[C@H]1O[C@@]2(CO[C@@]3(CO2)O[C@H](CO)[C@@H](O)[C@H](O)[C@@H]3O)[C@@H](O)[C@@H](O)[C@@H]1O. The van der Waals surface area contributed by atoms with Crippen molar-refractivity contribution in [3.8, 4) is 0 Å². The van der Waals surface area contributed by atoms with Crippen LogP contribution in [0.1, 0.15) is 0 Å². The molecular weight excluding hydrogens is 360 g/mol. The van der Waals surface area contributed by atoms with Crippen molar-refractivity contribution in [1.82, 2.24) is 0 Å². The maximum atomic E-state index is 10.2. The van der Waals surface area contributed by atoms with E-state index < -0.39 is 86.8 Å². The van der Waals surface area contributed by atoms with Gasteiger partial charge in [0.1, 0.15) is 62.0 Å². The Hall–Kier alpha value is -0.480. The van der Waals surface area contributed by atoms with E-state index in [0.717, 1.165) is 0 Å². The third-order valence-electron chi connectivity index (χ3n) is 5.11. The quantitative estimate of drug-likeness (QED) is 0.225. The zero-order valence-corrected chi connectivity index (χ0v) is 13.7. The Morgan fingerprint density at radius 2 is 0.962 bits per heavy atom. The zero-order chi connectivity index (χ0) is 19.3. The van der Waals surface area contributed by atoms with Crippen molar-refractivity contribution in [2.24, 2.45) is 0 Å². The normalized spacial score (nSPS) is 55.4. The van der Waals surface area contributed by atoms with Crippen LogP contribution in [-0.2, 0) is 18.9 Å². The summed E-state index contributed by atoms with van der Waals surface area (Å²) in [5.41, 5.74) is 0. The highest BCUT2D eigenvalue weighted by molar-refractivity contribution is 5.03. The fourth-order valence-corrected chi connectivity index (χ4v) is 3.42. The first-order valence-electron chi connectivity index (χ1n) is 8.15. The van der Waals surface area contributed by atoms with Crippen molar-refractivity contribution >= 4 is 0 Å². The molecule has 12 heteroatoms. The largest absolute Gasteiger partial charge is 0.394 e. The van der Waals surface area contributed by atoms with Gasteiger partial charge in [-0.3, -0.25) is 0 Å². The van der Waals surface area contributed by atoms with Crippen LogP contribution < -0.4 is 0 Å². The maximum Gasteiger partial charge on any atom is 0.222 e. The van der Waals surface area contributed by atoms with Crippen LogP contribution in [0.5, 0.6) is 0 Å². The summed E-state index contributed by atoms with van der Waals surface area (Å²) in [4.78, 5) is 0. The Bertz CT molecular complexity index is 446. The average Bonchev–Trinajstić information content (AvgIpc) is 2.66. The van der Waals surface area contributed by atoms with Gasteiger partial charge in [-0.2, -0.15) is 0 Å². The van der Waals surface area contributed by atoms with E-state index in [1.54, 1.807) is 0 Å². The van der Waals surface area contributed by atoms with E-state index in [-0.39, 0.29) is 0 Å². The summed E-state index contributed by atoms with van der Waals surface area (Å²) in [5.74, 6) is -3.92. The van der Waals surface area contributed by atoms with Crippen LogP contribution in [0.15, 0.2) is 0 Å². The lowest BCUT2D eigenvalue weighted by molar-refractivity contribution is -0.467. The van der Waals surface area contributed by atoms with E-state index in [1.165, 1.54) is 0 Å². The summed E-state index contributed by atoms with van der Waals surface area (Å²) in [6, 6.07) is 0. The molecule has 10 atom stereocenters. The first-order chi connectivity index (χ1) is 12.2. The molecule has 3 fully saturated rings. The van der Waals surface area contributed by atoms with Crippen LogP contribution in [0.2, 0.25) is 0 Å². The molecule has 3 aliphatic rings. The molecule has 0 aromatic carbocycles. The molecule has 0 saturated carbocycles. The first kappa shape index (κ1) is 20.3. The maximum absolute atomic E-state index is 10.2. The third kappa shape index (κ3) is 2.96. The van der Waals surface area contributed by atoms with Gasteiger partial charge in [0.05, 0.1) is 13.2 Å². The van der Waals surface area contributed by atoms with Gasteiger partial charge in [0.2, 0.25) is 11.6 Å². The van der Waals surface area contributed by atoms with Gasteiger partial charge in [-0.05, 0) is 0 Å². The zero-order valence-electron chi connectivity index (χ0n) is 13.7. The third-order valence-corrected chi connectivity index (χ3v) is 5.11. The Balaban J connectivity index is 1.79. The van der Waals surface area contributed by atoms with Crippen molar-refractivity contribution in [3.63, 3.8) is 0 Å². The Labute approximate surface area is 147 Å². The van der Waals surface area contributed by atoms with E-state index >= 15 is 0 Å². The Morgan fingerprint density at radius 1 is 0.615 bits per heavy atom. The molecule has 3 rings (SSSR count). The molecule has 2 spiro atoms. The molecular formula is C14H24O12. The minimum Gasteiger partial charge on any atom is -0.394 e. The molecule has 12 nitrogen and oxygen atoms in total. The molecule has 0 bridgehead atoms. The van der Waals surface area contributed by atoms with Gasteiger partial charge in [0, 0.05) is 0 Å². The van der Waals surface area contributed by atoms with Crippen molar-refractivity contribution in [2.45, 2.75) is 60.4 Å². The lowest BCUT2D eigenvalue weighted by Crippen LogP contribution is -2.75. The molecule has 3 saturated heterocycles. The molecule has 0 amide bonds. The van der Waals surface area contributed by atoms with Gasteiger partial charge < -0.3 is 59.8 Å². The predicted octanol–water partition coefficient (Wildman–Crippen LogP) is -5.63. The van der Waals surface area contributed by atoms with Crippen LogP contribution in [0.3, 0.4) is 0 Å².